The highest BCUT2D eigenvalue weighted by molar-refractivity contribution is 7.13. The van der Waals surface area contributed by atoms with Crippen molar-refractivity contribution in [3.8, 4) is 10.4 Å². The number of carbonyl (C=O) groups is 1. The predicted octanol–water partition coefficient (Wildman–Crippen LogP) is 5.16. The molecule has 2 heterocycles. The fourth-order valence-electron chi connectivity index (χ4n) is 3.08. The van der Waals surface area contributed by atoms with Crippen LogP contribution < -0.4 is 10.2 Å². The van der Waals surface area contributed by atoms with Crippen molar-refractivity contribution in [1.82, 2.24) is 0 Å². The Morgan fingerprint density at radius 1 is 1.07 bits per heavy atom. The van der Waals surface area contributed by atoms with Crippen LogP contribution in [0.1, 0.15) is 10.4 Å². The summed E-state index contributed by atoms with van der Waals surface area (Å²) in [7, 11) is 0. The first-order valence-corrected chi connectivity index (χ1v) is 10.0. The summed E-state index contributed by atoms with van der Waals surface area (Å²) < 4.78 is 5.38. The molecule has 2 aromatic carbocycles. The van der Waals surface area contributed by atoms with Crippen molar-refractivity contribution >= 4 is 40.2 Å². The molecular weight excluding hydrogens is 380 g/mol. The van der Waals surface area contributed by atoms with Crippen LogP contribution in [-0.2, 0) is 4.74 Å². The molecule has 0 saturated carbocycles. The topological polar surface area (TPSA) is 41.6 Å². The van der Waals surface area contributed by atoms with Crippen LogP contribution in [0.4, 0.5) is 11.4 Å². The minimum atomic E-state index is -0.150. The molecule has 1 amide bonds. The lowest BCUT2D eigenvalue weighted by molar-refractivity contribution is 0.102. The van der Waals surface area contributed by atoms with Crippen LogP contribution in [0, 0.1) is 0 Å². The van der Waals surface area contributed by atoms with E-state index in [0.29, 0.717) is 29.5 Å². The molecule has 4 nitrogen and oxygen atoms in total. The number of ether oxygens (including phenoxy) is 1. The second-order valence-electron chi connectivity index (χ2n) is 6.27. The molecule has 0 radical (unpaired) electrons. The van der Waals surface area contributed by atoms with Gasteiger partial charge in [-0.2, -0.15) is 0 Å². The molecule has 6 heteroatoms. The number of thiophene rings is 1. The standard InChI is InChI=1S/C21H19ClN2O2S/c22-18-14-17(7-8-19(18)24-9-11-26-12-10-24)23-21(25)16-5-3-15(4-6-16)20-2-1-13-27-20/h1-8,13-14H,9-12H2,(H,23,25). The zero-order chi connectivity index (χ0) is 18.6. The third-order valence-corrected chi connectivity index (χ3v) is 5.73. The lowest BCUT2D eigenvalue weighted by Crippen LogP contribution is -2.36. The van der Waals surface area contributed by atoms with Gasteiger partial charge in [-0.15, -0.1) is 11.3 Å². The number of hydrogen-bond acceptors (Lipinski definition) is 4. The number of carbonyl (C=O) groups excluding carboxylic acids is 1. The molecule has 0 spiro atoms. The Bertz CT molecular complexity index is 920. The highest BCUT2D eigenvalue weighted by Crippen LogP contribution is 2.30. The zero-order valence-corrected chi connectivity index (χ0v) is 16.2. The minimum Gasteiger partial charge on any atom is -0.378 e. The first-order chi connectivity index (χ1) is 13.2. The van der Waals surface area contributed by atoms with E-state index in [9.17, 15) is 4.79 Å². The number of benzene rings is 2. The first-order valence-electron chi connectivity index (χ1n) is 8.78. The second kappa shape index (κ2) is 8.13. The maximum absolute atomic E-state index is 12.5. The predicted molar refractivity (Wildman–Crippen MR) is 112 cm³/mol. The Hall–Kier alpha value is -2.34. The summed E-state index contributed by atoms with van der Waals surface area (Å²) in [6, 6.07) is 17.3. The molecule has 0 bridgehead atoms. The average Bonchev–Trinajstić information content (AvgIpc) is 3.24. The number of rotatable bonds is 4. The lowest BCUT2D eigenvalue weighted by atomic mass is 10.1. The van der Waals surface area contributed by atoms with E-state index in [1.54, 1.807) is 17.4 Å². The molecule has 1 N–H and O–H groups in total. The van der Waals surface area contributed by atoms with E-state index in [4.69, 9.17) is 16.3 Å². The Morgan fingerprint density at radius 2 is 1.85 bits per heavy atom. The van der Waals surface area contributed by atoms with Crippen molar-refractivity contribution in [2.45, 2.75) is 0 Å². The highest BCUT2D eigenvalue weighted by Gasteiger charge is 2.15. The van der Waals surface area contributed by atoms with Gasteiger partial charge in [-0.25, -0.2) is 0 Å². The summed E-state index contributed by atoms with van der Waals surface area (Å²) in [4.78, 5) is 15.9. The van der Waals surface area contributed by atoms with Gasteiger partial charge in [0.2, 0.25) is 0 Å². The average molecular weight is 399 g/mol. The van der Waals surface area contributed by atoms with Gasteiger partial charge in [0.1, 0.15) is 0 Å². The summed E-state index contributed by atoms with van der Waals surface area (Å²) in [5.74, 6) is -0.150. The van der Waals surface area contributed by atoms with Gasteiger partial charge >= 0.3 is 0 Å². The van der Waals surface area contributed by atoms with Crippen molar-refractivity contribution < 1.29 is 9.53 Å². The first kappa shape index (κ1) is 18.0. The van der Waals surface area contributed by atoms with Crippen molar-refractivity contribution in [1.29, 1.82) is 0 Å². The van der Waals surface area contributed by atoms with Gasteiger partial charge in [-0.1, -0.05) is 29.8 Å². The van der Waals surface area contributed by atoms with E-state index in [2.05, 4.69) is 16.3 Å². The Kier molecular flexibility index (Phi) is 5.43. The Morgan fingerprint density at radius 3 is 2.52 bits per heavy atom. The zero-order valence-electron chi connectivity index (χ0n) is 14.7. The largest absolute Gasteiger partial charge is 0.378 e. The van der Waals surface area contributed by atoms with E-state index in [-0.39, 0.29) is 5.91 Å². The monoisotopic (exact) mass is 398 g/mol. The highest BCUT2D eigenvalue weighted by atomic mass is 35.5. The minimum absolute atomic E-state index is 0.150. The Balaban J connectivity index is 1.45. The van der Waals surface area contributed by atoms with E-state index in [1.807, 2.05) is 47.8 Å². The molecular formula is C21H19ClN2O2S. The molecule has 1 fully saturated rings. The van der Waals surface area contributed by atoms with Crippen molar-refractivity contribution in [2.24, 2.45) is 0 Å². The maximum atomic E-state index is 12.5. The molecule has 0 aliphatic carbocycles. The van der Waals surface area contributed by atoms with Gasteiger partial charge in [0.25, 0.3) is 5.91 Å². The van der Waals surface area contributed by atoms with Crippen molar-refractivity contribution in [2.75, 3.05) is 36.5 Å². The molecule has 1 aromatic heterocycles. The number of nitrogens with one attached hydrogen (secondary N) is 1. The normalized spacial score (nSPS) is 14.2. The SMILES string of the molecule is O=C(Nc1ccc(N2CCOCC2)c(Cl)c1)c1ccc(-c2cccs2)cc1. The Labute approximate surface area is 167 Å². The molecule has 0 unspecified atom stereocenters. The van der Waals surface area contributed by atoms with Gasteiger partial charge in [0.05, 0.1) is 23.9 Å². The van der Waals surface area contributed by atoms with Crippen molar-refractivity contribution in [3.05, 3.63) is 70.6 Å². The molecule has 1 saturated heterocycles. The van der Waals surface area contributed by atoms with Crippen LogP contribution in [0.3, 0.4) is 0 Å². The molecule has 27 heavy (non-hydrogen) atoms. The van der Waals surface area contributed by atoms with E-state index >= 15 is 0 Å². The lowest BCUT2D eigenvalue weighted by Gasteiger charge is -2.29. The van der Waals surface area contributed by atoms with Gasteiger partial charge in [-0.05, 0) is 47.3 Å². The van der Waals surface area contributed by atoms with Crippen LogP contribution in [-0.4, -0.2) is 32.2 Å². The summed E-state index contributed by atoms with van der Waals surface area (Å²) in [5.41, 5.74) is 3.38. The van der Waals surface area contributed by atoms with Gasteiger partial charge in [0, 0.05) is 29.2 Å². The molecule has 3 aromatic rings. The van der Waals surface area contributed by atoms with E-state index < -0.39 is 0 Å². The maximum Gasteiger partial charge on any atom is 0.255 e. The smallest absolute Gasteiger partial charge is 0.255 e. The number of amides is 1. The number of nitrogens with zero attached hydrogens (tertiary/aromatic N) is 1. The fourth-order valence-corrected chi connectivity index (χ4v) is 4.11. The summed E-state index contributed by atoms with van der Waals surface area (Å²) in [6.45, 7) is 3.05. The van der Waals surface area contributed by atoms with Crippen molar-refractivity contribution in [3.63, 3.8) is 0 Å². The third-order valence-electron chi connectivity index (χ3n) is 4.51. The van der Waals surface area contributed by atoms with Crippen LogP contribution in [0.25, 0.3) is 10.4 Å². The van der Waals surface area contributed by atoms with E-state index in [1.165, 1.54) is 4.88 Å². The number of halogens is 1. The number of morpholine rings is 1. The van der Waals surface area contributed by atoms with Crippen LogP contribution in [0.5, 0.6) is 0 Å². The van der Waals surface area contributed by atoms with Gasteiger partial charge < -0.3 is 15.0 Å². The fraction of sp³-hybridized carbons (Fsp3) is 0.190. The third kappa shape index (κ3) is 4.16. The van der Waals surface area contributed by atoms with Crippen LogP contribution in [0.2, 0.25) is 5.02 Å². The molecule has 4 rings (SSSR count). The summed E-state index contributed by atoms with van der Waals surface area (Å²) in [6.07, 6.45) is 0. The molecule has 1 aliphatic rings. The van der Waals surface area contributed by atoms with Gasteiger partial charge in [-0.3, -0.25) is 4.79 Å². The number of anilines is 2. The van der Waals surface area contributed by atoms with Crippen LogP contribution >= 0.6 is 22.9 Å². The van der Waals surface area contributed by atoms with Crippen LogP contribution in [0.15, 0.2) is 60.0 Å². The van der Waals surface area contributed by atoms with Gasteiger partial charge in [0.15, 0.2) is 0 Å². The molecule has 138 valence electrons. The quantitative estimate of drug-likeness (QED) is 0.660. The summed E-state index contributed by atoms with van der Waals surface area (Å²) in [5, 5.41) is 5.59. The summed E-state index contributed by atoms with van der Waals surface area (Å²) >= 11 is 8.12. The molecule has 1 aliphatic heterocycles. The second-order valence-corrected chi connectivity index (χ2v) is 7.63. The van der Waals surface area contributed by atoms with E-state index in [0.717, 1.165) is 24.3 Å². The number of hydrogen-bond donors (Lipinski definition) is 1. The molecule has 0 atom stereocenters.